The number of rotatable bonds is 5. The van der Waals surface area contributed by atoms with Gasteiger partial charge in [-0.1, -0.05) is 24.3 Å². The van der Waals surface area contributed by atoms with E-state index in [1.807, 2.05) is 6.07 Å². The number of nitrogens with one attached hydrogen (secondary N) is 1. The molecule has 0 aromatic heterocycles. The number of benzene rings is 2. The number of hydrogen-bond donors (Lipinski definition) is 1. The maximum atomic E-state index is 13.3. The molecule has 1 aliphatic heterocycles. The van der Waals surface area contributed by atoms with Gasteiger partial charge in [0.15, 0.2) is 5.78 Å². The van der Waals surface area contributed by atoms with Gasteiger partial charge in [0, 0.05) is 11.1 Å². The Morgan fingerprint density at radius 1 is 1.12 bits per heavy atom. The lowest BCUT2D eigenvalue weighted by Crippen LogP contribution is -3.13. The van der Waals surface area contributed by atoms with E-state index in [4.69, 9.17) is 0 Å². The zero-order chi connectivity index (χ0) is 18.7. The van der Waals surface area contributed by atoms with Crippen molar-refractivity contribution in [3.05, 3.63) is 65.5 Å². The number of halogens is 1. The third-order valence-corrected chi connectivity index (χ3v) is 6.58. The van der Waals surface area contributed by atoms with Crippen molar-refractivity contribution >= 4 is 15.8 Å². The minimum Gasteiger partial charge on any atom is -0.329 e. The van der Waals surface area contributed by atoms with E-state index in [0.29, 0.717) is 38.3 Å². The highest BCUT2D eigenvalue weighted by atomic mass is 32.2. The van der Waals surface area contributed by atoms with Gasteiger partial charge in [-0.2, -0.15) is 4.31 Å². The first-order valence-electron chi connectivity index (χ1n) is 8.55. The van der Waals surface area contributed by atoms with Gasteiger partial charge in [0.1, 0.15) is 12.4 Å². The van der Waals surface area contributed by atoms with Crippen LogP contribution in [0.3, 0.4) is 0 Å². The molecule has 1 aliphatic rings. The fourth-order valence-electron chi connectivity index (χ4n) is 3.17. The summed E-state index contributed by atoms with van der Waals surface area (Å²) in [6.45, 7) is 4.30. The second-order valence-corrected chi connectivity index (χ2v) is 8.48. The van der Waals surface area contributed by atoms with E-state index >= 15 is 0 Å². The van der Waals surface area contributed by atoms with Gasteiger partial charge < -0.3 is 4.90 Å². The van der Waals surface area contributed by atoms with Crippen molar-refractivity contribution in [2.75, 3.05) is 26.2 Å². The van der Waals surface area contributed by atoms with Gasteiger partial charge >= 0.3 is 0 Å². The van der Waals surface area contributed by atoms with Crippen molar-refractivity contribution in [2.24, 2.45) is 0 Å². The number of quaternary nitrogens is 1. The van der Waals surface area contributed by atoms with Gasteiger partial charge in [0.2, 0.25) is 10.0 Å². The number of piperazine rings is 1. The van der Waals surface area contributed by atoms with Crippen LogP contribution in [0.5, 0.6) is 0 Å². The maximum Gasteiger partial charge on any atom is 0.243 e. The number of carbonyl (C=O) groups is 1. The molecule has 7 heteroatoms. The first-order chi connectivity index (χ1) is 12.4. The van der Waals surface area contributed by atoms with Crippen LogP contribution in [-0.4, -0.2) is 44.7 Å². The van der Waals surface area contributed by atoms with E-state index < -0.39 is 10.0 Å². The molecule has 1 heterocycles. The summed E-state index contributed by atoms with van der Waals surface area (Å²) in [5.41, 5.74) is 1.41. The van der Waals surface area contributed by atoms with Gasteiger partial charge in [-0.15, -0.1) is 0 Å². The molecule has 0 atom stereocenters. The first kappa shape index (κ1) is 18.7. The highest BCUT2D eigenvalue weighted by Crippen LogP contribution is 2.17. The summed E-state index contributed by atoms with van der Waals surface area (Å²) in [7, 11) is -3.56. The zero-order valence-corrected chi connectivity index (χ0v) is 15.4. The predicted octanol–water partition coefficient (Wildman–Crippen LogP) is 1.12. The molecule has 3 rings (SSSR count). The van der Waals surface area contributed by atoms with Crippen LogP contribution >= 0.6 is 0 Å². The van der Waals surface area contributed by atoms with Crippen molar-refractivity contribution in [1.82, 2.24) is 4.31 Å². The lowest BCUT2D eigenvalue weighted by molar-refractivity contribution is -0.917. The van der Waals surface area contributed by atoms with E-state index in [-0.39, 0.29) is 16.5 Å². The predicted molar refractivity (Wildman–Crippen MR) is 96.0 cm³/mol. The minimum absolute atomic E-state index is 0.0940. The molecule has 0 aliphatic carbocycles. The molecule has 2 aromatic rings. The van der Waals surface area contributed by atoms with Crippen LogP contribution in [-0.2, 0) is 16.6 Å². The van der Waals surface area contributed by atoms with E-state index in [1.54, 1.807) is 18.2 Å². The van der Waals surface area contributed by atoms with Gasteiger partial charge in [-0.3, -0.25) is 4.79 Å². The summed E-state index contributed by atoms with van der Waals surface area (Å²) in [5, 5.41) is 0. The normalized spacial score (nSPS) is 16.5. The Balaban J connectivity index is 1.64. The van der Waals surface area contributed by atoms with Gasteiger partial charge in [-0.05, 0) is 31.2 Å². The average Bonchev–Trinajstić information content (AvgIpc) is 2.62. The van der Waals surface area contributed by atoms with E-state index in [2.05, 4.69) is 0 Å². The van der Waals surface area contributed by atoms with Crippen LogP contribution < -0.4 is 4.90 Å². The molecule has 0 amide bonds. The molecule has 0 saturated carbocycles. The molecule has 1 N–H and O–H groups in total. The van der Waals surface area contributed by atoms with Gasteiger partial charge in [0.25, 0.3) is 0 Å². The molecule has 0 unspecified atom stereocenters. The van der Waals surface area contributed by atoms with Crippen molar-refractivity contribution in [1.29, 1.82) is 0 Å². The smallest absolute Gasteiger partial charge is 0.243 e. The van der Waals surface area contributed by atoms with Crippen LogP contribution in [0.25, 0.3) is 0 Å². The summed E-state index contributed by atoms with van der Waals surface area (Å²) in [4.78, 5) is 12.8. The van der Waals surface area contributed by atoms with E-state index in [1.165, 1.54) is 40.4 Å². The SMILES string of the molecule is CC(=O)c1ccc(S(=O)(=O)N2CC[NH+](Cc3cccc(F)c3)CC2)cc1. The highest BCUT2D eigenvalue weighted by Gasteiger charge is 2.30. The van der Waals surface area contributed by atoms with Crippen molar-refractivity contribution in [3.8, 4) is 0 Å². The number of sulfonamides is 1. The Morgan fingerprint density at radius 3 is 2.35 bits per heavy atom. The Morgan fingerprint density at radius 2 is 1.77 bits per heavy atom. The van der Waals surface area contributed by atoms with Crippen LogP contribution in [0, 0.1) is 5.82 Å². The molecule has 5 nitrogen and oxygen atoms in total. The quantitative estimate of drug-likeness (QED) is 0.795. The summed E-state index contributed by atoms with van der Waals surface area (Å²) in [6, 6.07) is 12.6. The Hall–Kier alpha value is -2.09. The van der Waals surface area contributed by atoms with Crippen molar-refractivity contribution < 1.29 is 22.5 Å². The summed E-state index contributed by atoms with van der Waals surface area (Å²) < 4.78 is 40.3. The van der Waals surface area contributed by atoms with E-state index in [9.17, 15) is 17.6 Å². The zero-order valence-electron chi connectivity index (χ0n) is 14.6. The molecule has 0 spiro atoms. The van der Waals surface area contributed by atoms with Crippen LogP contribution in [0.1, 0.15) is 22.8 Å². The summed E-state index contributed by atoms with van der Waals surface area (Å²) in [5.74, 6) is -0.347. The Labute approximate surface area is 153 Å². The summed E-state index contributed by atoms with van der Waals surface area (Å²) >= 11 is 0. The highest BCUT2D eigenvalue weighted by molar-refractivity contribution is 7.89. The fraction of sp³-hybridized carbons (Fsp3) is 0.316. The van der Waals surface area contributed by atoms with E-state index in [0.717, 1.165) is 5.56 Å². The average molecular weight is 377 g/mol. The molecular weight excluding hydrogens is 355 g/mol. The third kappa shape index (κ3) is 4.17. The third-order valence-electron chi connectivity index (χ3n) is 4.67. The molecule has 2 aromatic carbocycles. The van der Waals surface area contributed by atoms with Crippen molar-refractivity contribution in [2.45, 2.75) is 18.4 Å². The van der Waals surface area contributed by atoms with Gasteiger partial charge in [-0.25, -0.2) is 12.8 Å². The largest absolute Gasteiger partial charge is 0.329 e. The second-order valence-electron chi connectivity index (χ2n) is 6.54. The monoisotopic (exact) mass is 377 g/mol. The standard InChI is InChI=1S/C19H21FN2O3S/c1-15(23)17-5-7-19(8-6-17)26(24,25)22-11-9-21(10-12-22)14-16-3-2-4-18(20)13-16/h2-8,13H,9-12,14H2,1H3/p+1. The topological polar surface area (TPSA) is 58.9 Å². The molecule has 0 radical (unpaired) electrons. The second kappa shape index (κ2) is 7.65. The molecule has 1 fully saturated rings. The Kier molecular flexibility index (Phi) is 5.50. The minimum atomic E-state index is -3.56. The lowest BCUT2D eigenvalue weighted by Gasteiger charge is -2.31. The Bertz CT molecular complexity index is 889. The van der Waals surface area contributed by atoms with Gasteiger partial charge in [0.05, 0.1) is 31.1 Å². The van der Waals surface area contributed by atoms with Crippen molar-refractivity contribution in [3.63, 3.8) is 0 Å². The molecular formula is C19H22FN2O3S+. The molecule has 0 bridgehead atoms. The van der Waals surface area contributed by atoms with Crippen LogP contribution in [0.4, 0.5) is 4.39 Å². The number of nitrogens with zero attached hydrogens (tertiary/aromatic N) is 1. The summed E-state index contributed by atoms with van der Waals surface area (Å²) in [6.07, 6.45) is 0. The number of hydrogen-bond acceptors (Lipinski definition) is 3. The first-order valence-corrected chi connectivity index (χ1v) is 9.99. The number of ketones is 1. The maximum absolute atomic E-state index is 13.3. The number of Topliss-reactive ketones (excluding diaryl/α,β-unsaturated/α-hetero) is 1. The van der Waals surface area contributed by atoms with Crippen LogP contribution in [0.15, 0.2) is 53.4 Å². The number of carbonyl (C=O) groups excluding carboxylic acids is 1. The molecule has 138 valence electrons. The molecule has 1 saturated heterocycles. The molecule has 26 heavy (non-hydrogen) atoms. The fourth-order valence-corrected chi connectivity index (χ4v) is 4.61. The lowest BCUT2D eigenvalue weighted by atomic mass is 10.2. The van der Waals surface area contributed by atoms with Crippen LogP contribution in [0.2, 0.25) is 0 Å².